The van der Waals surface area contributed by atoms with Crippen LogP contribution in [0.5, 0.6) is 0 Å². The molecule has 0 aliphatic carbocycles. The Labute approximate surface area is 313 Å². The van der Waals surface area contributed by atoms with Crippen molar-refractivity contribution in [2.24, 2.45) is 0 Å². The number of aromatic nitrogens is 3. The Morgan fingerprint density at radius 2 is 1.00 bits per heavy atom. The molecule has 252 valence electrons. The molecule has 10 aromatic rings. The zero-order valence-corrected chi connectivity index (χ0v) is 29.4. The Kier molecular flexibility index (Phi) is 6.77. The summed E-state index contributed by atoms with van der Waals surface area (Å²) in [7, 11) is 0. The third-order valence-corrected chi connectivity index (χ3v) is 11.3. The summed E-state index contributed by atoms with van der Waals surface area (Å²) in [5, 5.41) is 4.93. The highest BCUT2D eigenvalue weighted by molar-refractivity contribution is 6.12. The molecule has 2 aromatic heterocycles. The van der Waals surface area contributed by atoms with Crippen molar-refractivity contribution >= 4 is 32.6 Å². The normalized spacial score (nSPS) is 14.7. The highest BCUT2D eigenvalue weighted by atomic mass is 15.0. The Bertz CT molecular complexity index is 3030. The van der Waals surface area contributed by atoms with Crippen molar-refractivity contribution in [2.45, 2.75) is 5.41 Å². The Morgan fingerprint density at radius 3 is 1.83 bits per heavy atom. The van der Waals surface area contributed by atoms with E-state index in [2.05, 4.69) is 199 Å². The highest BCUT2D eigenvalue weighted by Crippen LogP contribution is 2.54. The molecule has 1 aliphatic heterocycles. The van der Waals surface area contributed by atoms with E-state index < -0.39 is 5.41 Å². The molecule has 0 amide bonds. The molecule has 0 radical (unpaired) electrons. The van der Waals surface area contributed by atoms with Crippen LogP contribution in [0.1, 0.15) is 22.3 Å². The van der Waals surface area contributed by atoms with Gasteiger partial charge in [-0.25, -0.2) is 9.97 Å². The molecule has 0 saturated heterocycles. The fourth-order valence-electron chi connectivity index (χ4n) is 8.88. The molecule has 0 saturated carbocycles. The van der Waals surface area contributed by atoms with Crippen LogP contribution in [0.25, 0.3) is 72.2 Å². The number of hydrogen-bond acceptors (Lipinski definition) is 2. The molecular formula is C51H33N3. The number of rotatable bonds is 5. The van der Waals surface area contributed by atoms with Gasteiger partial charge in [-0.1, -0.05) is 176 Å². The molecule has 3 heterocycles. The quantitative estimate of drug-likeness (QED) is 0.180. The molecular weight excluding hydrogens is 655 g/mol. The number of fused-ring (bicyclic) bond motifs is 6. The van der Waals surface area contributed by atoms with Crippen LogP contribution in [-0.4, -0.2) is 14.5 Å². The standard InChI is InChI=1S/C51H33N3/c1-3-15-35(16-4-1)45-33-46(38-27-26-34-14-7-8-17-37(34)32-38)53-50(52-45)36-28-30-40(31-29-36)51(39-18-5-2-6-19-39)43-22-10-12-25-48(43)54-47-24-11-9-20-41(47)42-21-13-23-44(51)49(42)54/h1-33H. The second-order valence-corrected chi connectivity index (χ2v) is 14.2. The minimum absolute atomic E-state index is 0.566. The average molecular weight is 688 g/mol. The molecule has 8 aromatic carbocycles. The summed E-state index contributed by atoms with van der Waals surface area (Å²) in [4.78, 5) is 10.4. The van der Waals surface area contributed by atoms with Gasteiger partial charge in [-0.2, -0.15) is 0 Å². The largest absolute Gasteiger partial charge is 0.309 e. The summed E-state index contributed by atoms with van der Waals surface area (Å²) in [5.74, 6) is 0.700. The van der Waals surface area contributed by atoms with Gasteiger partial charge in [0, 0.05) is 27.5 Å². The van der Waals surface area contributed by atoms with Crippen molar-refractivity contribution in [1.29, 1.82) is 0 Å². The third-order valence-electron chi connectivity index (χ3n) is 11.3. The van der Waals surface area contributed by atoms with Crippen LogP contribution in [-0.2, 0) is 5.41 Å². The molecule has 3 nitrogen and oxygen atoms in total. The van der Waals surface area contributed by atoms with Gasteiger partial charge in [-0.15, -0.1) is 0 Å². The average Bonchev–Trinajstić information content (AvgIpc) is 3.60. The number of nitrogens with zero attached hydrogens (tertiary/aromatic N) is 3. The number of hydrogen-bond donors (Lipinski definition) is 0. The van der Waals surface area contributed by atoms with Gasteiger partial charge in [0.2, 0.25) is 0 Å². The van der Waals surface area contributed by atoms with Crippen LogP contribution in [0.15, 0.2) is 200 Å². The summed E-state index contributed by atoms with van der Waals surface area (Å²) >= 11 is 0. The molecule has 54 heavy (non-hydrogen) atoms. The molecule has 3 heteroatoms. The van der Waals surface area contributed by atoms with E-state index in [1.807, 2.05) is 6.07 Å². The fourth-order valence-corrected chi connectivity index (χ4v) is 8.88. The van der Waals surface area contributed by atoms with Crippen molar-refractivity contribution in [2.75, 3.05) is 0 Å². The Morgan fingerprint density at radius 1 is 0.389 bits per heavy atom. The van der Waals surface area contributed by atoms with Crippen LogP contribution in [0.4, 0.5) is 0 Å². The van der Waals surface area contributed by atoms with Crippen molar-refractivity contribution in [1.82, 2.24) is 14.5 Å². The van der Waals surface area contributed by atoms with Crippen LogP contribution in [0, 0.1) is 0 Å². The van der Waals surface area contributed by atoms with Crippen LogP contribution in [0.2, 0.25) is 0 Å². The highest BCUT2D eigenvalue weighted by Gasteiger charge is 2.45. The minimum atomic E-state index is -0.566. The summed E-state index contributed by atoms with van der Waals surface area (Å²) < 4.78 is 2.47. The molecule has 1 atom stereocenters. The van der Waals surface area contributed by atoms with Gasteiger partial charge < -0.3 is 4.57 Å². The zero-order chi connectivity index (χ0) is 35.6. The summed E-state index contributed by atoms with van der Waals surface area (Å²) in [6.07, 6.45) is 0. The lowest BCUT2D eigenvalue weighted by molar-refractivity contribution is 0.728. The van der Waals surface area contributed by atoms with Crippen molar-refractivity contribution in [3.63, 3.8) is 0 Å². The van der Waals surface area contributed by atoms with Crippen molar-refractivity contribution in [3.05, 3.63) is 222 Å². The molecule has 0 fully saturated rings. The second-order valence-electron chi connectivity index (χ2n) is 14.2. The van der Waals surface area contributed by atoms with E-state index in [0.717, 1.165) is 28.1 Å². The van der Waals surface area contributed by atoms with Gasteiger partial charge in [0.1, 0.15) is 0 Å². The Balaban J connectivity index is 1.14. The number of benzene rings is 8. The first-order valence-electron chi connectivity index (χ1n) is 18.5. The smallest absolute Gasteiger partial charge is 0.160 e. The van der Waals surface area contributed by atoms with E-state index in [4.69, 9.17) is 9.97 Å². The number of para-hydroxylation sites is 3. The lowest BCUT2D eigenvalue weighted by Gasteiger charge is -2.41. The summed E-state index contributed by atoms with van der Waals surface area (Å²) in [6, 6.07) is 72.1. The van der Waals surface area contributed by atoms with Gasteiger partial charge >= 0.3 is 0 Å². The van der Waals surface area contributed by atoms with E-state index in [9.17, 15) is 0 Å². The van der Waals surface area contributed by atoms with E-state index in [0.29, 0.717) is 5.82 Å². The molecule has 1 aliphatic rings. The molecule has 0 bridgehead atoms. The van der Waals surface area contributed by atoms with E-state index >= 15 is 0 Å². The SMILES string of the molecule is c1ccc(-c2cc(-c3ccc4ccccc4c3)nc(-c3ccc(C4(c5ccccc5)c5ccccc5-n5c6ccccc6c6cccc4c65)cc3)n2)cc1. The van der Waals surface area contributed by atoms with Gasteiger partial charge in [0.05, 0.1) is 33.5 Å². The monoisotopic (exact) mass is 687 g/mol. The lowest BCUT2D eigenvalue weighted by atomic mass is 9.63. The van der Waals surface area contributed by atoms with Gasteiger partial charge in [-0.3, -0.25) is 0 Å². The van der Waals surface area contributed by atoms with E-state index in [1.54, 1.807) is 0 Å². The predicted octanol–water partition coefficient (Wildman–Crippen LogP) is 12.4. The third kappa shape index (κ3) is 4.49. The van der Waals surface area contributed by atoms with Crippen molar-refractivity contribution in [3.8, 4) is 39.6 Å². The van der Waals surface area contributed by atoms with Gasteiger partial charge in [-0.05, 0) is 57.3 Å². The van der Waals surface area contributed by atoms with Gasteiger partial charge in [0.25, 0.3) is 0 Å². The first kappa shape index (κ1) is 30.5. The topological polar surface area (TPSA) is 30.7 Å². The van der Waals surface area contributed by atoms with Crippen LogP contribution in [0.3, 0.4) is 0 Å². The maximum atomic E-state index is 5.23. The Hall–Kier alpha value is -7.10. The molecule has 1 unspecified atom stereocenters. The molecule has 11 rings (SSSR count). The van der Waals surface area contributed by atoms with Crippen LogP contribution >= 0.6 is 0 Å². The van der Waals surface area contributed by atoms with Crippen molar-refractivity contribution < 1.29 is 0 Å². The summed E-state index contributed by atoms with van der Waals surface area (Å²) in [5.41, 5.74) is 13.0. The zero-order valence-electron chi connectivity index (χ0n) is 29.4. The first-order valence-corrected chi connectivity index (χ1v) is 18.5. The van der Waals surface area contributed by atoms with E-state index in [-0.39, 0.29) is 0 Å². The second kappa shape index (κ2) is 12.0. The molecule has 0 spiro atoms. The molecule has 0 N–H and O–H groups in total. The maximum Gasteiger partial charge on any atom is 0.160 e. The maximum absolute atomic E-state index is 5.23. The first-order chi connectivity index (χ1) is 26.8. The lowest BCUT2D eigenvalue weighted by Crippen LogP contribution is -2.35. The van der Waals surface area contributed by atoms with Gasteiger partial charge in [0.15, 0.2) is 5.82 Å². The summed E-state index contributed by atoms with van der Waals surface area (Å²) in [6.45, 7) is 0. The predicted molar refractivity (Wildman–Crippen MR) is 222 cm³/mol. The van der Waals surface area contributed by atoms with Crippen LogP contribution < -0.4 is 0 Å². The fraction of sp³-hybridized carbons (Fsp3) is 0.0196. The van der Waals surface area contributed by atoms with E-state index in [1.165, 1.54) is 60.5 Å². The minimum Gasteiger partial charge on any atom is -0.309 e.